The standard InChI is InChI=1S/C16H19F2NO3/c17-16(18)22-13-5-3-11(12-4-6-15(20)19-8-12)7-14(13)21-9-10-1-2-10/h3,5,7,10,12,16H,1-2,4,6,8-9H2,(H,19,20). The molecule has 1 saturated heterocycles. The van der Waals surface area contributed by atoms with Crippen molar-refractivity contribution in [2.75, 3.05) is 13.2 Å². The number of rotatable bonds is 6. The number of halogens is 2. The van der Waals surface area contributed by atoms with Gasteiger partial charge in [0.1, 0.15) is 0 Å². The van der Waals surface area contributed by atoms with Crippen molar-refractivity contribution in [2.24, 2.45) is 5.92 Å². The molecule has 3 rings (SSSR count). The van der Waals surface area contributed by atoms with E-state index in [0.29, 0.717) is 31.2 Å². The molecule has 1 amide bonds. The van der Waals surface area contributed by atoms with Gasteiger partial charge in [-0.05, 0) is 42.9 Å². The summed E-state index contributed by atoms with van der Waals surface area (Å²) in [5.74, 6) is 1.19. The summed E-state index contributed by atoms with van der Waals surface area (Å²) in [6.45, 7) is -1.77. The van der Waals surface area contributed by atoms with E-state index in [9.17, 15) is 13.6 Å². The van der Waals surface area contributed by atoms with Crippen LogP contribution < -0.4 is 14.8 Å². The summed E-state index contributed by atoms with van der Waals surface area (Å²) in [6.07, 6.45) is 3.49. The Kier molecular flexibility index (Phi) is 4.45. The van der Waals surface area contributed by atoms with E-state index in [0.717, 1.165) is 24.8 Å². The molecule has 1 aromatic carbocycles. The molecule has 0 spiro atoms. The number of benzene rings is 1. The first-order valence-corrected chi connectivity index (χ1v) is 7.60. The third-order valence-electron chi connectivity index (χ3n) is 4.09. The zero-order chi connectivity index (χ0) is 15.5. The third kappa shape index (κ3) is 3.87. The molecule has 1 aliphatic heterocycles. The molecule has 1 atom stereocenters. The highest BCUT2D eigenvalue weighted by molar-refractivity contribution is 5.76. The predicted octanol–water partition coefficient (Wildman–Crippen LogP) is 3.07. The molecule has 120 valence electrons. The Morgan fingerprint density at radius 2 is 2.05 bits per heavy atom. The average molecular weight is 311 g/mol. The second-order valence-corrected chi connectivity index (χ2v) is 5.88. The van der Waals surface area contributed by atoms with Crippen molar-refractivity contribution in [3.05, 3.63) is 23.8 Å². The van der Waals surface area contributed by atoms with Crippen LogP contribution in [-0.4, -0.2) is 25.7 Å². The van der Waals surface area contributed by atoms with E-state index < -0.39 is 6.61 Å². The van der Waals surface area contributed by atoms with Gasteiger partial charge in [-0.3, -0.25) is 4.79 Å². The Balaban J connectivity index is 1.75. The second-order valence-electron chi connectivity index (χ2n) is 5.88. The molecule has 2 fully saturated rings. The maximum Gasteiger partial charge on any atom is 0.387 e. The largest absolute Gasteiger partial charge is 0.489 e. The van der Waals surface area contributed by atoms with Gasteiger partial charge in [-0.15, -0.1) is 0 Å². The smallest absolute Gasteiger partial charge is 0.387 e. The SMILES string of the molecule is O=C1CCC(c2ccc(OC(F)F)c(OCC3CC3)c2)CN1. The van der Waals surface area contributed by atoms with E-state index in [-0.39, 0.29) is 17.6 Å². The maximum absolute atomic E-state index is 12.5. The zero-order valence-corrected chi connectivity index (χ0v) is 12.2. The minimum Gasteiger partial charge on any atom is -0.489 e. The first-order chi connectivity index (χ1) is 10.6. The van der Waals surface area contributed by atoms with Gasteiger partial charge in [-0.2, -0.15) is 8.78 Å². The molecule has 4 nitrogen and oxygen atoms in total. The first-order valence-electron chi connectivity index (χ1n) is 7.60. The number of ether oxygens (including phenoxy) is 2. The van der Waals surface area contributed by atoms with Crippen molar-refractivity contribution >= 4 is 5.91 Å². The first kappa shape index (κ1) is 15.1. The van der Waals surface area contributed by atoms with Crippen molar-refractivity contribution in [2.45, 2.75) is 38.2 Å². The number of amides is 1. The van der Waals surface area contributed by atoms with E-state index in [1.165, 1.54) is 6.07 Å². The van der Waals surface area contributed by atoms with E-state index in [4.69, 9.17) is 4.74 Å². The van der Waals surface area contributed by atoms with Gasteiger partial charge in [0, 0.05) is 18.9 Å². The molecule has 1 saturated carbocycles. The van der Waals surface area contributed by atoms with E-state index in [1.807, 2.05) is 0 Å². The van der Waals surface area contributed by atoms with Crippen LogP contribution in [0.4, 0.5) is 8.78 Å². The summed E-state index contributed by atoms with van der Waals surface area (Å²) >= 11 is 0. The Labute approximate surface area is 127 Å². The quantitative estimate of drug-likeness (QED) is 0.878. The van der Waals surface area contributed by atoms with E-state index in [2.05, 4.69) is 10.1 Å². The number of piperidine rings is 1. The average Bonchev–Trinajstić information content (AvgIpc) is 3.31. The normalized spacial score (nSPS) is 21.6. The van der Waals surface area contributed by atoms with Gasteiger partial charge in [0.2, 0.25) is 5.91 Å². The highest BCUT2D eigenvalue weighted by Crippen LogP contribution is 2.36. The lowest BCUT2D eigenvalue weighted by Crippen LogP contribution is -2.33. The molecule has 1 heterocycles. The Morgan fingerprint density at radius 3 is 2.68 bits per heavy atom. The minimum atomic E-state index is -2.87. The van der Waals surface area contributed by atoms with Gasteiger partial charge in [-0.1, -0.05) is 6.07 Å². The lowest BCUT2D eigenvalue weighted by atomic mass is 9.91. The van der Waals surface area contributed by atoms with Crippen LogP contribution in [0.25, 0.3) is 0 Å². The minimum absolute atomic E-state index is 0.0547. The summed E-state index contributed by atoms with van der Waals surface area (Å²) in [5, 5.41) is 2.83. The molecular weight excluding hydrogens is 292 g/mol. The van der Waals surface area contributed by atoms with Crippen LogP contribution >= 0.6 is 0 Å². The van der Waals surface area contributed by atoms with Crippen LogP contribution in [0, 0.1) is 5.92 Å². The lowest BCUT2D eigenvalue weighted by Gasteiger charge is -2.23. The molecule has 6 heteroatoms. The van der Waals surface area contributed by atoms with Crippen LogP contribution in [-0.2, 0) is 4.79 Å². The molecule has 0 aromatic heterocycles. The van der Waals surface area contributed by atoms with Crippen LogP contribution in [0.5, 0.6) is 11.5 Å². The molecule has 1 aromatic rings. The van der Waals surface area contributed by atoms with Gasteiger partial charge in [0.25, 0.3) is 0 Å². The second kappa shape index (κ2) is 6.50. The number of hydrogen-bond donors (Lipinski definition) is 1. The number of hydrogen-bond acceptors (Lipinski definition) is 3. The Bertz CT molecular complexity index is 536. The van der Waals surface area contributed by atoms with Crippen molar-refractivity contribution in [3.8, 4) is 11.5 Å². The van der Waals surface area contributed by atoms with Crippen LogP contribution in [0.1, 0.15) is 37.2 Å². The molecule has 1 aliphatic carbocycles. The molecule has 22 heavy (non-hydrogen) atoms. The number of carbonyl (C=O) groups is 1. The molecule has 0 radical (unpaired) electrons. The highest BCUT2D eigenvalue weighted by atomic mass is 19.3. The molecule has 2 aliphatic rings. The van der Waals surface area contributed by atoms with Crippen molar-refractivity contribution in [1.29, 1.82) is 0 Å². The summed E-state index contributed by atoms with van der Waals surface area (Å²) in [7, 11) is 0. The fraction of sp³-hybridized carbons (Fsp3) is 0.562. The van der Waals surface area contributed by atoms with Gasteiger partial charge >= 0.3 is 6.61 Å². The number of alkyl halides is 2. The Morgan fingerprint density at radius 1 is 1.23 bits per heavy atom. The third-order valence-corrected chi connectivity index (χ3v) is 4.09. The van der Waals surface area contributed by atoms with Crippen molar-refractivity contribution in [1.82, 2.24) is 5.32 Å². The van der Waals surface area contributed by atoms with Crippen LogP contribution in [0.3, 0.4) is 0 Å². The van der Waals surface area contributed by atoms with E-state index in [1.54, 1.807) is 12.1 Å². The maximum atomic E-state index is 12.5. The summed E-state index contributed by atoms with van der Waals surface area (Å²) < 4.78 is 35.2. The summed E-state index contributed by atoms with van der Waals surface area (Å²) in [6, 6.07) is 5.06. The van der Waals surface area contributed by atoms with Gasteiger partial charge in [-0.25, -0.2) is 0 Å². The summed E-state index contributed by atoms with van der Waals surface area (Å²) in [5.41, 5.74) is 0.979. The van der Waals surface area contributed by atoms with Crippen molar-refractivity contribution < 1.29 is 23.0 Å². The number of nitrogens with one attached hydrogen (secondary N) is 1. The lowest BCUT2D eigenvalue weighted by molar-refractivity contribution is -0.122. The molecule has 1 N–H and O–H groups in total. The predicted molar refractivity (Wildman–Crippen MR) is 76.3 cm³/mol. The molecule has 0 bridgehead atoms. The fourth-order valence-corrected chi connectivity index (χ4v) is 2.59. The summed E-state index contributed by atoms with van der Waals surface area (Å²) in [4.78, 5) is 11.2. The molecule has 1 unspecified atom stereocenters. The topological polar surface area (TPSA) is 47.6 Å². The molecular formula is C16H19F2NO3. The zero-order valence-electron chi connectivity index (χ0n) is 12.2. The number of carbonyl (C=O) groups excluding carboxylic acids is 1. The van der Waals surface area contributed by atoms with Gasteiger partial charge < -0.3 is 14.8 Å². The Hall–Kier alpha value is -1.85. The van der Waals surface area contributed by atoms with Gasteiger partial charge in [0.05, 0.1) is 6.61 Å². The van der Waals surface area contributed by atoms with Crippen LogP contribution in [0.15, 0.2) is 18.2 Å². The monoisotopic (exact) mass is 311 g/mol. The van der Waals surface area contributed by atoms with Gasteiger partial charge in [0.15, 0.2) is 11.5 Å². The van der Waals surface area contributed by atoms with Crippen LogP contribution in [0.2, 0.25) is 0 Å². The van der Waals surface area contributed by atoms with Crippen molar-refractivity contribution in [3.63, 3.8) is 0 Å². The highest BCUT2D eigenvalue weighted by Gasteiger charge is 2.24. The van der Waals surface area contributed by atoms with E-state index >= 15 is 0 Å². The fourth-order valence-electron chi connectivity index (χ4n) is 2.59.